The topological polar surface area (TPSA) is 109 Å². The fraction of sp³-hybridized carbons (Fsp3) is 0.143. The number of hydrogen-bond acceptors (Lipinski definition) is 6. The number of sulfonamides is 1. The fourth-order valence-electron chi connectivity index (χ4n) is 4.08. The van der Waals surface area contributed by atoms with E-state index in [0.29, 0.717) is 35.0 Å². The number of benzene rings is 3. The lowest BCUT2D eigenvalue weighted by molar-refractivity contribution is -0.128. The minimum atomic E-state index is -3.77. The second-order valence-corrected chi connectivity index (χ2v) is 11.5. The number of aryl methyl sites for hydroxylation is 1. The molecule has 38 heavy (non-hydrogen) atoms. The van der Waals surface area contributed by atoms with Gasteiger partial charge in [0.1, 0.15) is 11.1 Å². The van der Waals surface area contributed by atoms with Gasteiger partial charge >= 0.3 is 0 Å². The molecule has 1 aromatic heterocycles. The summed E-state index contributed by atoms with van der Waals surface area (Å²) >= 11 is 1.53. The van der Waals surface area contributed by atoms with E-state index in [1.54, 1.807) is 53.6 Å². The number of para-hydroxylation sites is 1. The van der Waals surface area contributed by atoms with Gasteiger partial charge in [0.15, 0.2) is 0 Å². The Balaban J connectivity index is 1.23. The highest BCUT2D eigenvalue weighted by molar-refractivity contribution is 8.00. The molecule has 4 aromatic rings. The molecule has 0 saturated carbocycles. The molecule has 1 aliphatic rings. The molecular weight excluding hydrogens is 522 g/mol. The Hall–Kier alpha value is -4.02. The number of thioether (sulfide) groups is 1. The van der Waals surface area contributed by atoms with E-state index in [1.807, 2.05) is 37.3 Å². The lowest BCUT2D eigenvalue weighted by atomic mass is 10.1. The van der Waals surface area contributed by atoms with Crippen molar-refractivity contribution in [1.29, 1.82) is 0 Å². The predicted molar refractivity (Wildman–Crippen MR) is 147 cm³/mol. The van der Waals surface area contributed by atoms with Crippen LogP contribution in [0.2, 0.25) is 0 Å². The summed E-state index contributed by atoms with van der Waals surface area (Å²) in [6.07, 6.45) is 1.58. The van der Waals surface area contributed by atoms with E-state index < -0.39 is 10.0 Å². The number of hydrogen-bond donors (Lipinski definition) is 2. The Morgan fingerprint density at radius 2 is 1.74 bits per heavy atom. The molecule has 0 unspecified atom stereocenters. The third kappa shape index (κ3) is 5.61. The molecule has 0 radical (unpaired) electrons. The van der Waals surface area contributed by atoms with Gasteiger partial charge in [0, 0.05) is 11.3 Å². The second kappa shape index (κ2) is 10.8. The van der Waals surface area contributed by atoms with Crippen LogP contribution in [0.15, 0.2) is 101 Å². The van der Waals surface area contributed by atoms with Gasteiger partial charge in [-0.15, -0.1) is 11.8 Å². The fourth-order valence-corrected chi connectivity index (χ4v) is 6.40. The van der Waals surface area contributed by atoms with E-state index in [4.69, 9.17) is 4.42 Å². The number of rotatable bonds is 8. The van der Waals surface area contributed by atoms with Crippen LogP contribution in [0.4, 0.5) is 11.4 Å². The van der Waals surface area contributed by atoms with Gasteiger partial charge < -0.3 is 14.6 Å². The van der Waals surface area contributed by atoms with Gasteiger partial charge in [0.25, 0.3) is 15.9 Å². The van der Waals surface area contributed by atoms with Crippen LogP contribution in [-0.2, 0) is 21.4 Å². The van der Waals surface area contributed by atoms with E-state index in [-0.39, 0.29) is 22.1 Å². The number of nitrogens with one attached hydrogen (secondary N) is 2. The minimum Gasteiger partial charge on any atom is -0.467 e. The molecule has 1 atom stereocenters. The van der Waals surface area contributed by atoms with E-state index in [2.05, 4.69) is 10.0 Å². The zero-order valence-corrected chi connectivity index (χ0v) is 22.1. The largest absolute Gasteiger partial charge is 0.467 e. The quantitative estimate of drug-likeness (QED) is 0.305. The van der Waals surface area contributed by atoms with Crippen molar-refractivity contribution in [2.24, 2.45) is 0 Å². The molecule has 2 heterocycles. The molecule has 1 aliphatic heterocycles. The van der Waals surface area contributed by atoms with E-state index in [1.165, 1.54) is 23.9 Å². The highest BCUT2D eigenvalue weighted by Gasteiger charge is 2.33. The average Bonchev–Trinajstić information content (AvgIpc) is 3.56. The van der Waals surface area contributed by atoms with Crippen LogP contribution in [0.1, 0.15) is 32.6 Å². The standard InChI is InChI=1S/C28H25N3O5S2/c1-19-5-2-3-7-25(19)30-38(34,35)24-14-12-22(13-15-24)29-27(33)20-8-10-21(11-9-20)28-31(26(32)18-37-28)17-23-6-4-16-36-23/h2-16,28,30H,17-18H2,1H3,(H,29,33)/t28-/m1/s1. The summed E-state index contributed by atoms with van der Waals surface area (Å²) in [5.74, 6) is 0.817. The molecule has 3 aromatic carbocycles. The number of amides is 2. The first-order valence-electron chi connectivity index (χ1n) is 11.8. The lowest BCUT2D eigenvalue weighted by Crippen LogP contribution is -2.27. The minimum absolute atomic E-state index is 0.0396. The highest BCUT2D eigenvalue weighted by Crippen LogP contribution is 2.39. The molecule has 2 N–H and O–H groups in total. The molecule has 10 heteroatoms. The van der Waals surface area contributed by atoms with Crippen molar-refractivity contribution in [2.75, 3.05) is 15.8 Å². The molecule has 2 amide bonds. The highest BCUT2D eigenvalue weighted by atomic mass is 32.2. The van der Waals surface area contributed by atoms with Crippen LogP contribution in [0.25, 0.3) is 0 Å². The van der Waals surface area contributed by atoms with Gasteiger partial charge in [0.05, 0.1) is 29.1 Å². The number of carbonyl (C=O) groups excluding carboxylic acids is 2. The smallest absolute Gasteiger partial charge is 0.261 e. The monoisotopic (exact) mass is 547 g/mol. The summed E-state index contributed by atoms with van der Waals surface area (Å²) in [4.78, 5) is 27.1. The second-order valence-electron chi connectivity index (χ2n) is 8.79. The zero-order chi connectivity index (χ0) is 26.7. The van der Waals surface area contributed by atoms with Crippen molar-refractivity contribution in [1.82, 2.24) is 4.90 Å². The van der Waals surface area contributed by atoms with E-state index in [0.717, 1.165) is 11.1 Å². The third-order valence-corrected chi connectivity index (χ3v) is 8.78. The maximum absolute atomic E-state index is 12.8. The summed E-state index contributed by atoms with van der Waals surface area (Å²) in [5, 5.41) is 2.63. The van der Waals surface area contributed by atoms with Crippen molar-refractivity contribution in [3.05, 3.63) is 114 Å². The van der Waals surface area contributed by atoms with Crippen molar-refractivity contribution in [3.8, 4) is 0 Å². The van der Waals surface area contributed by atoms with Crippen LogP contribution in [0, 0.1) is 6.92 Å². The van der Waals surface area contributed by atoms with Crippen LogP contribution in [0.3, 0.4) is 0 Å². The van der Waals surface area contributed by atoms with Gasteiger partial charge in [-0.3, -0.25) is 14.3 Å². The first-order valence-corrected chi connectivity index (χ1v) is 14.4. The summed E-state index contributed by atoms with van der Waals surface area (Å²) < 4.78 is 33.5. The molecule has 0 bridgehead atoms. The van der Waals surface area contributed by atoms with Gasteiger partial charge in [-0.05, 0) is 72.6 Å². The third-order valence-electron chi connectivity index (χ3n) is 6.14. The predicted octanol–water partition coefficient (Wildman–Crippen LogP) is 5.42. The first kappa shape index (κ1) is 25.6. The van der Waals surface area contributed by atoms with Crippen molar-refractivity contribution >= 4 is 45.0 Å². The molecule has 0 spiro atoms. The first-order chi connectivity index (χ1) is 18.3. The maximum atomic E-state index is 12.8. The van der Waals surface area contributed by atoms with Crippen LogP contribution in [0.5, 0.6) is 0 Å². The molecule has 8 nitrogen and oxygen atoms in total. The maximum Gasteiger partial charge on any atom is 0.261 e. The average molecular weight is 548 g/mol. The molecule has 194 valence electrons. The Bertz CT molecular complexity index is 1550. The summed E-state index contributed by atoms with van der Waals surface area (Å²) in [5.41, 5.74) is 3.15. The van der Waals surface area contributed by atoms with Crippen LogP contribution in [-0.4, -0.2) is 30.9 Å². The normalized spacial score (nSPS) is 15.4. The zero-order valence-electron chi connectivity index (χ0n) is 20.5. The molecule has 1 saturated heterocycles. The van der Waals surface area contributed by atoms with Gasteiger partial charge in [-0.2, -0.15) is 0 Å². The molecule has 5 rings (SSSR count). The Morgan fingerprint density at radius 1 is 1.00 bits per heavy atom. The van der Waals surface area contributed by atoms with Crippen molar-refractivity contribution < 1.29 is 22.4 Å². The number of anilines is 2. The molecule has 0 aliphatic carbocycles. The number of nitrogens with zero attached hydrogens (tertiary/aromatic N) is 1. The SMILES string of the molecule is Cc1ccccc1NS(=O)(=O)c1ccc(NC(=O)c2ccc([C@H]3SCC(=O)N3Cc3ccco3)cc2)cc1. The Labute approximate surface area is 225 Å². The van der Waals surface area contributed by atoms with Crippen LogP contribution >= 0.6 is 11.8 Å². The van der Waals surface area contributed by atoms with E-state index in [9.17, 15) is 18.0 Å². The van der Waals surface area contributed by atoms with E-state index >= 15 is 0 Å². The summed E-state index contributed by atoms with van der Waals surface area (Å²) in [6, 6.07) is 23.8. The number of carbonyl (C=O) groups is 2. The Kier molecular flexibility index (Phi) is 7.26. The molecule has 1 fully saturated rings. The Morgan fingerprint density at radius 3 is 2.42 bits per heavy atom. The number of furan rings is 1. The van der Waals surface area contributed by atoms with Gasteiger partial charge in [-0.1, -0.05) is 30.3 Å². The van der Waals surface area contributed by atoms with Gasteiger partial charge in [-0.25, -0.2) is 8.42 Å². The van der Waals surface area contributed by atoms with Crippen LogP contribution < -0.4 is 10.0 Å². The van der Waals surface area contributed by atoms with Crippen molar-refractivity contribution in [3.63, 3.8) is 0 Å². The summed E-state index contributed by atoms with van der Waals surface area (Å²) in [6.45, 7) is 2.21. The van der Waals surface area contributed by atoms with Gasteiger partial charge in [0.2, 0.25) is 5.91 Å². The summed E-state index contributed by atoms with van der Waals surface area (Å²) in [7, 11) is -3.77. The van der Waals surface area contributed by atoms with Crippen molar-refractivity contribution in [2.45, 2.75) is 23.7 Å². The lowest BCUT2D eigenvalue weighted by Gasteiger charge is -2.23. The molecular formula is C28H25N3O5S2.